The Morgan fingerprint density at radius 1 is 0.585 bits per heavy atom. The van der Waals surface area contributed by atoms with Crippen molar-refractivity contribution < 1.29 is 9.47 Å². The molecule has 0 saturated carbocycles. The van der Waals surface area contributed by atoms with Crippen LogP contribution in [0.2, 0.25) is 0 Å². The molecule has 0 fully saturated rings. The standard InChI is InChI=1S/C37H34N2O2/c1-3-27-15-19-29(20-16-27)23-37(24-30-21-17-28(4-2)18-22-30,35-38-33(25-40-35)31-11-7-5-8-12-31)36-39-34(26-41-36)32-13-9-6-10-14-32/h3-22,33-34H,1-2,23-26H2/t33-,34-/m1/s1. The molecule has 0 unspecified atom stereocenters. The second-order valence-electron chi connectivity index (χ2n) is 10.7. The van der Waals surface area contributed by atoms with Crippen molar-refractivity contribution in [2.75, 3.05) is 13.2 Å². The van der Waals surface area contributed by atoms with Gasteiger partial charge in [0.2, 0.25) is 11.8 Å². The van der Waals surface area contributed by atoms with E-state index in [4.69, 9.17) is 19.5 Å². The summed E-state index contributed by atoms with van der Waals surface area (Å²) in [7, 11) is 0. The van der Waals surface area contributed by atoms with Gasteiger partial charge in [0.05, 0.1) is 0 Å². The normalized spacial score (nSPS) is 18.1. The van der Waals surface area contributed by atoms with Gasteiger partial charge >= 0.3 is 0 Å². The quantitative estimate of drug-likeness (QED) is 0.205. The maximum Gasteiger partial charge on any atom is 0.200 e. The van der Waals surface area contributed by atoms with Crippen LogP contribution in [0.1, 0.15) is 45.5 Å². The van der Waals surface area contributed by atoms with Crippen LogP contribution in [0, 0.1) is 5.41 Å². The third kappa shape index (κ3) is 5.64. The minimum absolute atomic E-state index is 0.0798. The van der Waals surface area contributed by atoms with Crippen molar-refractivity contribution in [3.05, 3.63) is 156 Å². The summed E-state index contributed by atoms with van der Waals surface area (Å²) in [4.78, 5) is 10.5. The van der Waals surface area contributed by atoms with Gasteiger partial charge in [-0.15, -0.1) is 0 Å². The lowest BCUT2D eigenvalue weighted by Gasteiger charge is -2.32. The first-order valence-corrected chi connectivity index (χ1v) is 14.1. The molecule has 41 heavy (non-hydrogen) atoms. The molecule has 2 heterocycles. The van der Waals surface area contributed by atoms with Gasteiger partial charge in [-0.3, -0.25) is 0 Å². The molecule has 0 N–H and O–H groups in total. The second kappa shape index (κ2) is 11.8. The Morgan fingerprint density at radius 2 is 0.976 bits per heavy atom. The maximum atomic E-state index is 6.53. The summed E-state index contributed by atoms with van der Waals surface area (Å²) >= 11 is 0. The van der Waals surface area contributed by atoms with Crippen LogP contribution >= 0.6 is 0 Å². The van der Waals surface area contributed by atoms with E-state index in [2.05, 4.69) is 86.0 Å². The van der Waals surface area contributed by atoms with Crippen molar-refractivity contribution in [3.63, 3.8) is 0 Å². The van der Waals surface area contributed by atoms with Crippen LogP contribution in [0.5, 0.6) is 0 Å². The van der Waals surface area contributed by atoms with E-state index < -0.39 is 5.41 Å². The number of hydrogen-bond donors (Lipinski definition) is 0. The average Bonchev–Trinajstić information content (AvgIpc) is 3.74. The molecule has 0 spiro atoms. The molecular weight excluding hydrogens is 504 g/mol. The summed E-state index contributed by atoms with van der Waals surface area (Å²) in [6, 6.07) is 37.5. The largest absolute Gasteiger partial charge is 0.478 e. The number of hydrogen-bond acceptors (Lipinski definition) is 4. The highest BCUT2D eigenvalue weighted by atomic mass is 16.5. The Bertz CT molecular complexity index is 1430. The van der Waals surface area contributed by atoms with Gasteiger partial charge in [0.25, 0.3) is 0 Å². The molecule has 0 saturated heterocycles. The van der Waals surface area contributed by atoms with E-state index >= 15 is 0 Å². The summed E-state index contributed by atoms with van der Waals surface area (Å²) in [6.07, 6.45) is 4.99. The molecule has 4 aromatic rings. The van der Waals surface area contributed by atoms with Crippen LogP contribution in [-0.2, 0) is 22.3 Å². The van der Waals surface area contributed by atoms with Gasteiger partial charge in [-0.2, -0.15) is 0 Å². The molecular formula is C37H34N2O2. The van der Waals surface area contributed by atoms with Gasteiger partial charge in [-0.05, 0) is 46.2 Å². The maximum absolute atomic E-state index is 6.53. The molecule has 4 nitrogen and oxygen atoms in total. The third-order valence-corrected chi connectivity index (χ3v) is 7.93. The average molecular weight is 539 g/mol. The lowest BCUT2D eigenvalue weighted by atomic mass is 9.75. The monoisotopic (exact) mass is 538 g/mol. The van der Waals surface area contributed by atoms with Crippen LogP contribution < -0.4 is 0 Å². The van der Waals surface area contributed by atoms with Gasteiger partial charge < -0.3 is 9.47 Å². The molecule has 0 aliphatic carbocycles. The molecule has 2 aliphatic heterocycles. The lowest BCUT2D eigenvalue weighted by molar-refractivity contribution is 0.249. The summed E-state index contributed by atoms with van der Waals surface area (Å²) in [5.74, 6) is 1.36. The first kappa shape index (κ1) is 26.5. The topological polar surface area (TPSA) is 43.2 Å². The van der Waals surface area contributed by atoms with E-state index in [0.717, 1.165) is 33.4 Å². The second-order valence-corrected chi connectivity index (χ2v) is 10.7. The SMILES string of the molecule is C=Cc1ccc(CC(Cc2ccc(C=C)cc2)(C2=N[C@@H](c3ccccc3)CO2)C2=N[C@@H](c3ccccc3)CO2)cc1. The predicted octanol–water partition coefficient (Wildman–Crippen LogP) is 8.08. The van der Waals surface area contributed by atoms with Crippen molar-refractivity contribution in [1.29, 1.82) is 0 Å². The van der Waals surface area contributed by atoms with Gasteiger partial charge in [0.1, 0.15) is 30.7 Å². The van der Waals surface area contributed by atoms with E-state index in [-0.39, 0.29) is 12.1 Å². The zero-order chi connectivity index (χ0) is 28.1. The van der Waals surface area contributed by atoms with Gasteiger partial charge in [0.15, 0.2) is 0 Å². The first-order chi connectivity index (χ1) is 20.2. The highest BCUT2D eigenvalue weighted by Gasteiger charge is 2.49. The summed E-state index contributed by atoms with van der Waals surface area (Å²) < 4.78 is 13.1. The Morgan fingerprint density at radius 3 is 1.34 bits per heavy atom. The number of nitrogens with zero attached hydrogens (tertiary/aromatic N) is 2. The number of rotatable bonds is 10. The fourth-order valence-corrected chi connectivity index (χ4v) is 5.66. The molecule has 0 amide bonds. The molecule has 6 rings (SSSR count). The Kier molecular flexibility index (Phi) is 7.64. The van der Waals surface area contributed by atoms with Gasteiger partial charge in [-0.25, -0.2) is 9.98 Å². The first-order valence-electron chi connectivity index (χ1n) is 14.1. The molecule has 0 radical (unpaired) electrons. The molecule has 204 valence electrons. The zero-order valence-corrected chi connectivity index (χ0v) is 23.2. The summed E-state index contributed by atoms with van der Waals surface area (Å²) in [5, 5.41) is 0. The van der Waals surface area contributed by atoms with Crippen LogP contribution in [0.4, 0.5) is 0 Å². The minimum atomic E-state index is -0.724. The van der Waals surface area contributed by atoms with Crippen molar-refractivity contribution in [2.24, 2.45) is 15.4 Å². The number of aliphatic imine (C=N–C) groups is 2. The molecule has 2 atom stereocenters. The zero-order valence-electron chi connectivity index (χ0n) is 23.2. The highest BCUT2D eigenvalue weighted by Crippen LogP contribution is 2.41. The summed E-state index contributed by atoms with van der Waals surface area (Å²) in [5.41, 5.74) is 6.02. The smallest absolute Gasteiger partial charge is 0.200 e. The van der Waals surface area contributed by atoms with E-state index in [1.807, 2.05) is 48.6 Å². The lowest BCUT2D eigenvalue weighted by Crippen LogP contribution is -2.44. The Balaban J connectivity index is 1.48. The van der Waals surface area contributed by atoms with Crippen molar-refractivity contribution in [3.8, 4) is 0 Å². The van der Waals surface area contributed by atoms with Crippen molar-refractivity contribution >= 4 is 23.9 Å². The van der Waals surface area contributed by atoms with Gasteiger partial charge in [-0.1, -0.05) is 135 Å². The van der Waals surface area contributed by atoms with Crippen LogP contribution in [0.25, 0.3) is 12.2 Å². The third-order valence-electron chi connectivity index (χ3n) is 7.93. The minimum Gasteiger partial charge on any atom is -0.478 e. The predicted molar refractivity (Wildman–Crippen MR) is 168 cm³/mol. The molecule has 2 aliphatic rings. The van der Waals surface area contributed by atoms with Crippen molar-refractivity contribution in [1.82, 2.24) is 0 Å². The van der Waals surface area contributed by atoms with Crippen LogP contribution in [0.15, 0.2) is 132 Å². The number of ether oxygens (including phenoxy) is 2. The fourth-order valence-electron chi connectivity index (χ4n) is 5.66. The summed E-state index contributed by atoms with van der Waals surface area (Å²) in [6.45, 7) is 8.82. The van der Waals surface area contributed by atoms with E-state index in [0.29, 0.717) is 37.9 Å². The number of benzene rings is 4. The molecule has 0 aromatic heterocycles. The van der Waals surface area contributed by atoms with Crippen molar-refractivity contribution in [2.45, 2.75) is 24.9 Å². The Hall–Kier alpha value is -4.70. The van der Waals surface area contributed by atoms with E-state index in [1.54, 1.807) is 0 Å². The van der Waals surface area contributed by atoms with Crippen LogP contribution in [0.3, 0.4) is 0 Å². The van der Waals surface area contributed by atoms with E-state index in [1.165, 1.54) is 0 Å². The highest BCUT2D eigenvalue weighted by molar-refractivity contribution is 6.07. The molecule has 4 aromatic carbocycles. The van der Waals surface area contributed by atoms with E-state index in [9.17, 15) is 0 Å². The Labute approximate surface area is 242 Å². The molecule has 0 bridgehead atoms. The van der Waals surface area contributed by atoms with Crippen LogP contribution in [-0.4, -0.2) is 25.0 Å². The molecule has 4 heteroatoms. The fraction of sp³-hybridized carbons (Fsp3) is 0.189. The van der Waals surface area contributed by atoms with Gasteiger partial charge in [0, 0.05) is 0 Å².